The molecule has 0 amide bonds. The van der Waals surface area contributed by atoms with E-state index < -0.39 is 10.0 Å². The molecule has 21 heavy (non-hydrogen) atoms. The van der Waals surface area contributed by atoms with Crippen molar-refractivity contribution in [2.75, 3.05) is 4.72 Å². The minimum atomic E-state index is -3.70. The summed E-state index contributed by atoms with van der Waals surface area (Å²) in [4.78, 5) is 3.80. The summed E-state index contributed by atoms with van der Waals surface area (Å²) in [7, 11) is -2.02. The number of oxime groups is 1. The Hall–Kier alpha value is -2.55. The van der Waals surface area contributed by atoms with E-state index >= 15 is 0 Å². The fourth-order valence-electron chi connectivity index (χ4n) is 1.67. The van der Waals surface area contributed by atoms with Crippen molar-refractivity contribution in [2.45, 2.75) is 11.4 Å². The average Bonchev–Trinajstić information content (AvgIpc) is 2.88. The van der Waals surface area contributed by atoms with Crippen molar-refractivity contribution in [2.24, 2.45) is 17.9 Å². The highest BCUT2D eigenvalue weighted by Gasteiger charge is 2.16. The summed E-state index contributed by atoms with van der Waals surface area (Å²) in [5.74, 6) is 0.0804. The average molecular weight is 309 g/mol. The van der Waals surface area contributed by atoms with Gasteiger partial charge in [0.25, 0.3) is 10.0 Å². The molecule has 0 saturated carbocycles. The molecule has 0 aliphatic carbocycles. The number of benzene rings is 1. The topological polar surface area (TPSA) is 123 Å². The number of anilines is 1. The second kappa shape index (κ2) is 5.83. The van der Waals surface area contributed by atoms with Gasteiger partial charge in [-0.1, -0.05) is 17.3 Å². The van der Waals surface area contributed by atoms with Gasteiger partial charge in [0.15, 0.2) is 5.03 Å². The van der Waals surface area contributed by atoms with Crippen molar-refractivity contribution in [1.29, 1.82) is 0 Å². The minimum absolute atomic E-state index is 0.0502. The van der Waals surface area contributed by atoms with Crippen LogP contribution in [0.15, 0.2) is 47.0 Å². The molecule has 0 spiro atoms. The van der Waals surface area contributed by atoms with E-state index in [1.54, 1.807) is 35.9 Å². The molecule has 9 heteroatoms. The Morgan fingerprint density at radius 3 is 2.62 bits per heavy atom. The number of amidine groups is 1. The summed E-state index contributed by atoms with van der Waals surface area (Å²) in [5, 5.41) is 11.3. The number of sulfonamides is 1. The van der Waals surface area contributed by atoms with Gasteiger partial charge >= 0.3 is 0 Å². The first kappa shape index (κ1) is 14.9. The summed E-state index contributed by atoms with van der Waals surface area (Å²) in [6.45, 7) is 0. The Labute approximate surface area is 122 Å². The second-order valence-electron chi connectivity index (χ2n) is 4.45. The third kappa shape index (κ3) is 3.72. The number of rotatable bonds is 5. The Balaban J connectivity index is 2.13. The van der Waals surface area contributed by atoms with Gasteiger partial charge in [-0.3, -0.25) is 4.72 Å². The van der Waals surface area contributed by atoms with Crippen LogP contribution in [0.5, 0.6) is 0 Å². The highest BCUT2D eigenvalue weighted by molar-refractivity contribution is 7.92. The molecule has 2 aromatic rings. The molecule has 1 aromatic carbocycles. The van der Waals surface area contributed by atoms with Gasteiger partial charge in [0.2, 0.25) is 0 Å². The predicted molar refractivity (Wildman–Crippen MR) is 77.6 cm³/mol. The van der Waals surface area contributed by atoms with Gasteiger partial charge in [0.05, 0.1) is 6.33 Å². The Morgan fingerprint density at radius 2 is 2.10 bits per heavy atom. The molecule has 4 N–H and O–H groups in total. The van der Waals surface area contributed by atoms with Gasteiger partial charge in [0.1, 0.15) is 5.84 Å². The van der Waals surface area contributed by atoms with Gasteiger partial charge in [-0.25, -0.2) is 4.98 Å². The third-order valence-corrected chi connectivity index (χ3v) is 3.94. The maximum absolute atomic E-state index is 12.1. The van der Waals surface area contributed by atoms with Crippen LogP contribution in [0.4, 0.5) is 5.69 Å². The molecule has 0 aliphatic heterocycles. The number of hydrogen-bond donors (Lipinski definition) is 3. The van der Waals surface area contributed by atoms with Gasteiger partial charge in [-0.2, -0.15) is 8.42 Å². The quantitative estimate of drug-likeness (QED) is 0.321. The molecule has 112 valence electrons. The first-order valence-corrected chi connectivity index (χ1v) is 7.45. The Kier molecular flexibility index (Phi) is 4.13. The van der Waals surface area contributed by atoms with E-state index in [9.17, 15) is 8.42 Å². The lowest BCUT2D eigenvalue weighted by molar-refractivity contribution is 0.317. The predicted octanol–water partition coefficient (Wildman–Crippen LogP) is 0.510. The first-order valence-electron chi connectivity index (χ1n) is 5.97. The summed E-state index contributed by atoms with van der Waals surface area (Å²) < 4.78 is 28.1. The molecule has 8 nitrogen and oxygen atoms in total. The fraction of sp³-hybridized carbons (Fsp3) is 0.167. The van der Waals surface area contributed by atoms with Crippen LogP contribution >= 0.6 is 0 Å². The standard InChI is InChI=1S/C12H15N5O3S/c1-17-7-12(14-8-17)21(19,20)16-10-4-2-9(3-5-10)6-11(13)15-18/h2-5,7-8,16,18H,6H2,1H3,(H2,13,15). The number of nitrogens with one attached hydrogen (secondary N) is 1. The lowest BCUT2D eigenvalue weighted by Crippen LogP contribution is -2.15. The third-order valence-electron chi connectivity index (χ3n) is 2.68. The van der Waals surface area contributed by atoms with Gasteiger partial charge < -0.3 is 15.5 Å². The number of hydrogen-bond acceptors (Lipinski definition) is 5. The van der Waals surface area contributed by atoms with Gasteiger partial charge in [0, 0.05) is 25.4 Å². The van der Waals surface area contributed by atoms with Crippen molar-refractivity contribution in [1.82, 2.24) is 9.55 Å². The maximum atomic E-state index is 12.1. The second-order valence-corrected chi connectivity index (χ2v) is 6.08. The molecule has 0 aliphatic rings. The smallest absolute Gasteiger partial charge is 0.280 e. The lowest BCUT2D eigenvalue weighted by Gasteiger charge is -2.06. The molecule has 0 radical (unpaired) electrons. The molecule has 1 heterocycles. The monoisotopic (exact) mass is 309 g/mol. The van der Waals surface area contributed by atoms with Crippen LogP contribution in [0, 0.1) is 0 Å². The van der Waals surface area contributed by atoms with Crippen LogP contribution in [-0.4, -0.2) is 29.0 Å². The molecule has 0 saturated heterocycles. The molecular weight excluding hydrogens is 294 g/mol. The Bertz CT molecular complexity index is 749. The number of nitrogens with zero attached hydrogens (tertiary/aromatic N) is 3. The van der Waals surface area contributed by atoms with Crippen molar-refractivity contribution >= 4 is 21.5 Å². The fourth-order valence-corrected chi connectivity index (χ4v) is 2.71. The van der Waals surface area contributed by atoms with E-state index in [2.05, 4.69) is 14.9 Å². The van der Waals surface area contributed by atoms with Crippen LogP contribution in [0.25, 0.3) is 0 Å². The molecule has 0 unspecified atom stereocenters. The SMILES string of the molecule is Cn1cnc(S(=O)(=O)Nc2ccc(CC(N)=NO)cc2)c1. The van der Waals surface area contributed by atoms with Crippen molar-refractivity contribution < 1.29 is 13.6 Å². The van der Waals surface area contributed by atoms with E-state index in [1.807, 2.05) is 0 Å². The normalized spacial score (nSPS) is 12.3. The van der Waals surface area contributed by atoms with Gasteiger partial charge in [-0.15, -0.1) is 0 Å². The van der Waals surface area contributed by atoms with E-state index in [4.69, 9.17) is 10.9 Å². The largest absolute Gasteiger partial charge is 0.409 e. The highest BCUT2D eigenvalue weighted by atomic mass is 32.2. The zero-order valence-electron chi connectivity index (χ0n) is 11.3. The summed E-state index contributed by atoms with van der Waals surface area (Å²) in [6.07, 6.45) is 3.10. The number of aromatic nitrogens is 2. The summed E-state index contributed by atoms with van der Waals surface area (Å²) in [5.41, 5.74) is 6.60. The zero-order valence-corrected chi connectivity index (χ0v) is 12.1. The minimum Gasteiger partial charge on any atom is -0.409 e. The molecule has 0 fully saturated rings. The van der Waals surface area contributed by atoms with Crippen LogP contribution in [0.1, 0.15) is 5.56 Å². The van der Waals surface area contributed by atoms with Crippen molar-refractivity contribution in [3.05, 3.63) is 42.4 Å². The number of imidazole rings is 1. The lowest BCUT2D eigenvalue weighted by atomic mass is 10.1. The van der Waals surface area contributed by atoms with E-state index in [1.165, 1.54) is 12.5 Å². The zero-order chi connectivity index (χ0) is 15.5. The molecule has 2 rings (SSSR count). The van der Waals surface area contributed by atoms with Crippen LogP contribution in [-0.2, 0) is 23.5 Å². The number of aryl methyl sites for hydroxylation is 1. The first-order chi connectivity index (χ1) is 9.90. The van der Waals surface area contributed by atoms with Crippen molar-refractivity contribution in [3.8, 4) is 0 Å². The molecule has 1 aromatic heterocycles. The summed E-state index contributed by atoms with van der Waals surface area (Å²) in [6, 6.07) is 6.57. The van der Waals surface area contributed by atoms with Crippen LogP contribution in [0.3, 0.4) is 0 Å². The van der Waals surface area contributed by atoms with Gasteiger partial charge in [-0.05, 0) is 17.7 Å². The molecule has 0 atom stereocenters. The molecule has 0 bridgehead atoms. The van der Waals surface area contributed by atoms with E-state index in [-0.39, 0.29) is 17.3 Å². The van der Waals surface area contributed by atoms with E-state index in [0.717, 1.165) is 5.56 Å². The van der Waals surface area contributed by atoms with Crippen molar-refractivity contribution in [3.63, 3.8) is 0 Å². The molecular formula is C12H15N5O3S. The highest BCUT2D eigenvalue weighted by Crippen LogP contribution is 2.15. The van der Waals surface area contributed by atoms with Crippen LogP contribution in [0.2, 0.25) is 0 Å². The maximum Gasteiger partial charge on any atom is 0.280 e. The Morgan fingerprint density at radius 1 is 1.43 bits per heavy atom. The van der Waals surface area contributed by atoms with Crippen LogP contribution < -0.4 is 10.5 Å². The summed E-state index contributed by atoms with van der Waals surface area (Å²) >= 11 is 0. The van der Waals surface area contributed by atoms with E-state index in [0.29, 0.717) is 5.69 Å². The number of nitrogens with two attached hydrogens (primary N) is 1.